The molecule has 2 rings (SSSR count). The van der Waals surface area contributed by atoms with E-state index in [-0.39, 0.29) is 0 Å². The summed E-state index contributed by atoms with van der Waals surface area (Å²) in [6.07, 6.45) is 9.14. The van der Waals surface area contributed by atoms with Gasteiger partial charge in [0, 0.05) is 25.4 Å². The molecule has 1 aliphatic rings. The monoisotopic (exact) mass is 310 g/mol. The van der Waals surface area contributed by atoms with Crippen molar-refractivity contribution in [2.45, 2.75) is 49.5 Å². The van der Waals surface area contributed by atoms with Crippen LogP contribution in [-0.2, 0) is 9.84 Å². The fourth-order valence-corrected chi connectivity index (χ4v) is 3.76. The van der Waals surface area contributed by atoms with Crippen LogP contribution in [0.2, 0.25) is 0 Å². The predicted molar refractivity (Wildman–Crippen MR) is 87.5 cm³/mol. The van der Waals surface area contributed by atoms with Gasteiger partial charge in [0.1, 0.15) is 0 Å². The molecule has 0 radical (unpaired) electrons. The molecule has 0 aliphatic heterocycles. The van der Waals surface area contributed by atoms with Gasteiger partial charge in [0.25, 0.3) is 0 Å². The first-order valence-corrected chi connectivity index (χ1v) is 9.73. The number of rotatable bonds is 6. The molecule has 0 amide bonds. The van der Waals surface area contributed by atoms with Crippen molar-refractivity contribution in [3.05, 3.63) is 24.3 Å². The predicted octanol–water partition coefficient (Wildman–Crippen LogP) is 2.81. The van der Waals surface area contributed by atoms with Crippen molar-refractivity contribution in [3.8, 4) is 0 Å². The third kappa shape index (κ3) is 5.32. The van der Waals surface area contributed by atoms with Crippen LogP contribution in [0.4, 0.5) is 5.69 Å². The zero-order valence-electron chi connectivity index (χ0n) is 12.8. The Hall–Kier alpha value is -1.07. The van der Waals surface area contributed by atoms with Gasteiger partial charge in [-0.3, -0.25) is 0 Å². The Labute approximate surface area is 128 Å². The van der Waals surface area contributed by atoms with Gasteiger partial charge in [0.15, 0.2) is 9.84 Å². The highest BCUT2D eigenvalue weighted by atomic mass is 32.2. The third-order valence-electron chi connectivity index (χ3n) is 4.02. The number of hydrogen-bond donors (Lipinski definition) is 2. The number of para-hydroxylation sites is 1. The molecule has 0 unspecified atom stereocenters. The summed E-state index contributed by atoms with van der Waals surface area (Å²) in [4.78, 5) is 0.375. The minimum atomic E-state index is -3.18. The Morgan fingerprint density at radius 3 is 2.38 bits per heavy atom. The number of hydrogen-bond acceptors (Lipinski definition) is 4. The highest BCUT2D eigenvalue weighted by Crippen LogP contribution is 2.20. The molecule has 4 nitrogen and oxygen atoms in total. The van der Waals surface area contributed by atoms with Gasteiger partial charge in [-0.05, 0) is 25.0 Å². The number of benzene rings is 1. The lowest BCUT2D eigenvalue weighted by atomic mass is 10.1. The van der Waals surface area contributed by atoms with E-state index < -0.39 is 9.84 Å². The summed E-state index contributed by atoms with van der Waals surface area (Å²) < 4.78 is 23.4. The van der Waals surface area contributed by atoms with Crippen LogP contribution < -0.4 is 10.6 Å². The zero-order valence-corrected chi connectivity index (χ0v) is 13.6. The highest BCUT2D eigenvalue weighted by molar-refractivity contribution is 7.90. The standard InChI is InChI=1S/C16H26N2O2S/c1-21(19,20)16-11-7-6-10-15(16)18-13-12-17-14-8-4-2-3-5-9-14/h6-7,10-11,14,17-18H,2-5,8-9,12-13H2,1H3. The summed E-state index contributed by atoms with van der Waals surface area (Å²) in [5.74, 6) is 0. The van der Waals surface area contributed by atoms with Crippen LogP contribution >= 0.6 is 0 Å². The SMILES string of the molecule is CS(=O)(=O)c1ccccc1NCCNC1CCCCCC1. The molecule has 0 aromatic heterocycles. The van der Waals surface area contributed by atoms with E-state index in [0.717, 1.165) is 13.1 Å². The number of sulfone groups is 1. The van der Waals surface area contributed by atoms with Crippen molar-refractivity contribution in [2.75, 3.05) is 24.7 Å². The quantitative estimate of drug-likeness (QED) is 0.626. The smallest absolute Gasteiger partial charge is 0.177 e. The van der Waals surface area contributed by atoms with Crippen LogP contribution in [0.5, 0.6) is 0 Å². The van der Waals surface area contributed by atoms with Crippen LogP contribution in [0.15, 0.2) is 29.2 Å². The van der Waals surface area contributed by atoms with Gasteiger partial charge in [-0.1, -0.05) is 37.8 Å². The van der Waals surface area contributed by atoms with Gasteiger partial charge >= 0.3 is 0 Å². The molecule has 1 saturated carbocycles. The lowest BCUT2D eigenvalue weighted by Gasteiger charge is -2.17. The Balaban J connectivity index is 1.81. The van der Waals surface area contributed by atoms with E-state index >= 15 is 0 Å². The summed E-state index contributed by atoms with van der Waals surface area (Å²) in [6, 6.07) is 7.71. The molecule has 21 heavy (non-hydrogen) atoms. The lowest BCUT2D eigenvalue weighted by Crippen LogP contribution is -2.32. The largest absolute Gasteiger partial charge is 0.383 e. The van der Waals surface area contributed by atoms with Crippen molar-refractivity contribution in [1.82, 2.24) is 5.32 Å². The number of nitrogens with one attached hydrogen (secondary N) is 2. The van der Waals surface area contributed by atoms with E-state index in [9.17, 15) is 8.42 Å². The number of anilines is 1. The van der Waals surface area contributed by atoms with Crippen LogP contribution in [0, 0.1) is 0 Å². The first-order chi connectivity index (χ1) is 10.1. The second kappa shape index (κ2) is 7.80. The molecular weight excluding hydrogens is 284 g/mol. The van der Waals surface area contributed by atoms with E-state index in [1.165, 1.54) is 44.8 Å². The normalized spacial score (nSPS) is 17.4. The summed E-state index contributed by atoms with van der Waals surface area (Å²) in [5.41, 5.74) is 0.697. The van der Waals surface area contributed by atoms with Gasteiger partial charge in [0.2, 0.25) is 0 Å². The maximum atomic E-state index is 11.7. The Morgan fingerprint density at radius 2 is 1.71 bits per heavy atom. The third-order valence-corrected chi connectivity index (χ3v) is 5.17. The Bertz CT molecular complexity index is 535. The molecule has 1 fully saturated rings. The molecule has 0 bridgehead atoms. The van der Waals surface area contributed by atoms with E-state index in [4.69, 9.17) is 0 Å². The molecule has 5 heteroatoms. The molecular formula is C16H26N2O2S. The minimum absolute atomic E-state index is 0.375. The van der Waals surface area contributed by atoms with Gasteiger partial charge in [0.05, 0.1) is 10.6 Å². The summed E-state index contributed by atoms with van der Waals surface area (Å²) in [5, 5.41) is 6.81. The average Bonchev–Trinajstić information content (AvgIpc) is 2.72. The molecule has 1 aliphatic carbocycles. The lowest BCUT2D eigenvalue weighted by molar-refractivity contribution is 0.468. The van der Waals surface area contributed by atoms with Gasteiger partial charge in [-0.25, -0.2) is 8.42 Å². The van der Waals surface area contributed by atoms with Gasteiger partial charge in [-0.15, -0.1) is 0 Å². The summed E-state index contributed by atoms with van der Waals surface area (Å²) in [7, 11) is -3.18. The fraction of sp³-hybridized carbons (Fsp3) is 0.625. The van der Waals surface area contributed by atoms with Gasteiger partial charge in [-0.2, -0.15) is 0 Å². The summed E-state index contributed by atoms with van der Waals surface area (Å²) >= 11 is 0. The fourth-order valence-electron chi connectivity index (χ4n) is 2.89. The molecule has 0 atom stereocenters. The second-order valence-corrected chi connectivity index (χ2v) is 7.82. The topological polar surface area (TPSA) is 58.2 Å². The van der Waals surface area contributed by atoms with Crippen LogP contribution in [-0.4, -0.2) is 33.8 Å². The summed E-state index contributed by atoms with van der Waals surface area (Å²) in [6.45, 7) is 1.60. The van der Waals surface area contributed by atoms with Crippen LogP contribution in [0.3, 0.4) is 0 Å². The second-order valence-electron chi connectivity index (χ2n) is 5.84. The van der Waals surface area contributed by atoms with E-state index in [2.05, 4.69) is 10.6 Å². The maximum Gasteiger partial charge on any atom is 0.177 e. The van der Waals surface area contributed by atoms with Crippen molar-refractivity contribution in [1.29, 1.82) is 0 Å². The molecule has 0 saturated heterocycles. The minimum Gasteiger partial charge on any atom is -0.383 e. The first kappa shape index (κ1) is 16.3. The Morgan fingerprint density at radius 1 is 1.05 bits per heavy atom. The molecule has 1 aromatic carbocycles. The van der Waals surface area contributed by atoms with Gasteiger partial charge < -0.3 is 10.6 Å². The molecule has 0 heterocycles. The molecule has 1 aromatic rings. The average molecular weight is 310 g/mol. The van der Waals surface area contributed by atoms with Crippen molar-refractivity contribution in [2.24, 2.45) is 0 Å². The van der Waals surface area contributed by atoms with E-state index in [1.54, 1.807) is 12.1 Å². The van der Waals surface area contributed by atoms with E-state index in [1.807, 2.05) is 12.1 Å². The molecule has 0 spiro atoms. The van der Waals surface area contributed by atoms with E-state index in [0.29, 0.717) is 16.6 Å². The first-order valence-electron chi connectivity index (χ1n) is 7.84. The van der Waals surface area contributed by atoms with Crippen molar-refractivity contribution < 1.29 is 8.42 Å². The Kier molecular flexibility index (Phi) is 6.06. The molecule has 118 valence electrons. The van der Waals surface area contributed by atoms with Crippen molar-refractivity contribution >= 4 is 15.5 Å². The zero-order chi connectivity index (χ0) is 15.1. The van der Waals surface area contributed by atoms with Crippen molar-refractivity contribution in [3.63, 3.8) is 0 Å². The van der Waals surface area contributed by atoms with Crippen LogP contribution in [0.25, 0.3) is 0 Å². The highest BCUT2D eigenvalue weighted by Gasteiger charge is 2.13. The maximum absolute atomic E-state index is 11.7. The molecule has 2 N–H and O–H groups in total. The van der Waals surface area contributed by atoms with Crippen LogP contribution in [0.1, 0.15) is 38.5 Å².